The summed E-state index contributed by atoms with van der Waals surface area (Å²) in [5.74, 6) is -3.65. The molecule has 0 saturated carbocycles. The third-order valence-electron chi connectivity index (χ3n) is 0.183. The van der Waals surface area contributed by atoms with Crippen molar-refractivity contribution in [3.63, 3.8) is 0 Å². The minimum absolute atomic E-state index is 0. The molecule has 7 heteroatoms. The van der Waals surface area contributed by atoms with Crippen LogP contribution in [0.4, 0.5) is 0 Å². The molecule has 6 nitrogen and oxygen atoms in total. The van der Waals surface area contributed by atoms with E-state index in [0.29, 0.717) is 0 Å². The first-order valence-electron chi connectivity index (χ1n) is 1.58. The minimum Gasteiger partial charge on any atom is -0.554 e. The molecule has 0 aromatic heterocycles. The van der Waals surface area contributed by atoms with Gasteiger partial charge >= 0.3 is 41.5 Å². The largest absolute Gasteiger partial charge is 1.00 e. The van der Waals surface area contributed by atoms with Gasteiger partial charge in [0.2, 0.25) is 0 Å². The van der Waals surface area contributed by atoms with E-state index in [1.165, 1.54) is 0 Å². The molecule has 52 valence electrons. The van der Waals surface area contributed by atoms with Crippen LogP contribution in [0.5, 0.6) is 0 Å². The van der Waals surface area contributed by atoms with Gasteiger partial charge in [-0.15, -0.1) is 0 Å². The summed E-state index contributed by atoms with van der Waals surface area (Å²) in [6.45, 7) is -0.500. The molecule has 0 unspecified atom stereocenters. The van der Waals surface area contributed by atoms with Crippen molar-refractivity contribution in [2.24, 2.45) is 0 Å². The molecule has 0 fully saturated rings. The summed E-state index contributed by atoms with van der Waals surface area (Å²) in [6.07, 6.45) is 0. The van der Waals surface area contributed by atoms with E-state index in [2.05, 4.69) is 0 Å². The number of aliphatic carboxylic acids is 2. The van der Waals surface area contributed by atoms with Gasteiger partial charge in [0.1, 0.15) is 0 Å². The zero-order valence-electron chi connectivity index (χ0n) is 5.10. The maximum Gasteiger partial charge on any atom is 1.00 e. The molecule has 0 saturated heterocycles. The maximum absolute atomic E-state index is 9.10. The maximum atomic E-state index is 9.10. The van der Waals surface area contributed by atoms with Gasteiger partial charge in [0.15, 0.2) is 0 Å². The van der Waals surface area contributed by atoms with Crippen molar-refractivity contribution in [3.8, 4) is 0 Å². The van der Waals surface area contributed by atoms with Crippen LogP contribution in [0.15, 0.2) is 0 Å². The first-order valence-corrected chi connectivity index (χ1v) is 1.58. The molecular formula is C3H3NaO6. The predicted octanol–water partition coefficient (Wildman–Crippen LogP) is -5.47. The van der Waals surface area contributed by atoms with Crippen LogP contribution in [-0.4, -0.2) is 28.6 Å². The number of rotatable bonds is 0. The Kier molecular flexibility index (Phi) is 18.2. The third-order valence-corrected chi connectivity index (χ3v) is 0.183. The Balaban J connectivity index is -0.000000107. The molecule has 0 heterocycles. The molecular weight excluding hydrogens is 155 g/mol. The van der Waals surface area contributed by atoms with Crippen molar-refractivity contribution in [1.29, 1.82) is 0 Å². The molecule has 0 rings (SSSR count). The Morgan fingerprint density at radius 3 is 1.30 bits per heavy atom. The van der Waals surface area contributed by atoms with E-state index in [-0.39, 0.29) is 29.6 Å². The first-order chi connectivity index (χ1) is 4.06. The van der Waals surface area contributed by atoms with E-state index in [4.69, 9.17) is 29.7 Å². The Morgan fingerprint density at radius 2 is 1.30 bits per heavy atom. The van der Waals surface area contributed by atoms with Crippen LogP contribution in [0, 0.1) is 0 Å². The number of hydrogen-bond donors (Lipinski definition) is 2. The summed E-state index contributed by atoms with van der Waals surface area (Å²) < 4.78 is 0. The van der Waals surface area contributed by atoms with Crippen LogP contribution in [0.2, 0.25) is 0 Å². The topological polar surface area (TPSA) is 115 Å². The smallest absolute Gasteiger partial charge is 0.554 e. The fourth-order valence-corrected chi connectivity index (χ4v) is 0. The second-order valence-electron chi connectivity index (χ2n) is 0.707. The van der Waals surface area contributed by atoms with Gasteiger partial charge in [-0.1, -0.05) is 0 Å². The molecule has 0 aliphatic carbocycles. The Bertz CT molecular complexity index is 108. The zero-order valence-corrected chi connectivity index (χ0v) is 7.10. The average Bonchev–Trinajstić information content (AvgIpc) is 1.68. The average molecular weight is 158 g/mol. The number of carbonyl (C=O) groups is 3. The molecule has 0 aromatic carbocycles. The van der Waals surface area contributed by atoms with Crippen LogP contribution >= 0.6 is 0 Å². The molecule has 0 atom stereocenters. The molecule has 0 aliphatic heterocycles. The summed E-state index contributed by atoms with van der Waals surface area (Å²) >= 11 is 0. The molecule has 0 aliphatic rings. The van der Waals surface area contributed by atoms with E-state index in [9.17, 15) is 0 Å². The van der Waals surface area contributed by atoms with Gasteiger partial charge in [-0.3, -0.25) is 0 Å². The van der Waals surface area contributed by atoms with Crippen molar-refractivity contribution in [2.75, 3.05) is 0 Å². The predicted molar refractivity (Wildman–Crippen MR) is 21.3 cm³/mol. The summed E-state index contributed by atoms with van der Waals surface area (Å²) in [7, 11) is 0. The first kappa shape index (κ1) is 16.2. The fourth-order valence-electron chi connectivity index (χ4n) is 0. The minimum atomic E-state index is -1.82. The standard InChI is InChI=1S/C2H2O4.CH2O2.Na/c3-1(4)2(5)6;2-1-3;/h(H,3,4)(H,5,6);1H,(H,2,3);/q;;+1/p-1. The fraction of sp³-hybridized carbons (Fsp3) is 0. The Hall–Kier alpha value is -0.590. The quantitative estimate of drug-likeness (QED) is 0.206. The van der Waals surface area contributed by atoms with Gasteiger partial charge in [-0.25, -0.2) is 9.59 Å². The molecule has 0 aromatic rings. The van der Waals surface area contributed by atoms with Gasteiger partial charge in [-0.05, 0) is 0 Å². The normalized spacial score (nSPS) is 5.60. The Morgan fingerprint density at radius 1 is 1.20 bits per heavy atom. The van der Waals surface area contributed by atoms with Crippen LogP contribution in [0.25, 0.3) is 0 Å². The van der Waals surface area contributed by atoms with Crippen molar-refractivity contribution in [3.05, 3.63) is 0 Å². The summed E-state index contributed by atoms with van der Waals surface area (Å²) in [6, 6.07) is 0. The van der Waals surface area contributed by atoms with Crippen molar-refractivity contribution in [2.45, 2.75) is 0 Å². The molecule has 0 bridgehead atoms. The van der Waals surface area contributed by atoms with Crippen molar-refractivity contribution >= 4 is 18.4 Å². The summed E-state index contributed by atoms with van der Waals surface area (Å²) in [5.41, 5.74) is 0. The summed E-state index contributed by atoms with van der Waals surface area (Å²) in [4.78, 5) is 26.4. The van der Waals surface area contributed by atoms with E-state index >= 15 is 0 Å². The van der Waals surface area contributed by atoms with Crippen molar-refractivity contribution in [1.82, 2.24) is 0 Å². The van der Waals surface area contributed by atoms with Crippen LogP contribution in [-0.2, 0) is 14.4 Å². The van der Waals surface area contributed by atoms with E-state index in [1.807, 2.05) is 0 Å². The van der Waals surface area contributed by atoms with Crippen LogP contribution in [0.3, 0.4) is 0 Å². The second kappa shape index (κ2) is 11.2. The van der Waals surface area contributed by atoms with E-state index in [1.54, 1.807) is 0 Å². The van der Waals surface area contributed by atoms with Gasteiger partial charge in [-0.2, -0.15) is 0 Å². The summed E-state index contributed by atoms with van der Waals surface area (Å²) in [5, 5.41) is 23.0. The number of carboxylic acids is 2. The second-order valence-corrected chi connectivity index (χ2v) is 0.707. The Labute approximate surface area is 77.8 Å². The van der Waals surface area contributed by atoms with Crippen LogP contribution in [0.1, 0.15) is 0 Å². The van der Waals surface area contributed by atoms with Gasteiger partial charge < -0.3 is 20.1 Å². The zero-order chi connectivity index (χ0) is 7.86. The van der Waals surface area contributed by atoms with Crippen LogP contribution < -0.4 is 34.7 Å². The SMILES string of the molecule is O=C(O)C(=O)O.O=C[O-].[Na+]. The molecule has 10 heavy (non-hydrogen) atoms. The third kappa shape index (κ3) is 26.2. The molecule has 0 spiro atoms. The van der Waals surface area contributed by atoms with Gasteiger partial charge in [0, 0.05) is 6.47 Å². The van der Waals surface area contributed by atoms with E-state index in [0.717, 1.165) is 0 Å². The number of hydrogen-bond acceptors (Lipinski definition) is 4. The molecule has 0 radical (unpaired) electrons. The molecule has 0 amide bonds. The number of carbonyl (C=O) groups excluding carboxylic acids is 1. The molecule has 2 N–H and O–H groups in total. The van der Waals surface area contributed by atoms with Crippen molar-refractivity contribution < 1.29 is 59.3 Å². The van der Waals surface area contributed by atoms with E-state index < -0.39 is 18.4 Å². The monoisotopic (exact) mass is 158 g/mol. The number of carboxylic acid groups (broad SMARTS) is 3. The van der Waals surface area contributed by atoms with Gasteiger partial charge in [0.05, 0.1) is 0 Å². The van der Waals surface area contributed by atoms with Gasteiger partial charge in [0.25, 0.3) is 0 Å².